The molecule has 0 fully saturated rings. The third kappa shape index (κ3) is 3.53. The van der Waals surface area contributed by atoms with Crippen LogP contribution in [0.5, 0.6) is 0 Å². The van der Waals surface area contributed by atoms with Gasteiger partial charge in [-0.25, -0.2) is 8.78 Å². The van der Waals surface area contributed by atoms with Crippen LogP contribution >= 0.6 is 11.3 Å². The predicted molar refractivity (Wildman–Crippen MR) is 129 cm³/mol. The van der Waals surface area contributed by atoms with Crippen molar-refractivity contribution in [3.63, 3.8) is 0 Å². The Labute approximate surface area is 191 Å². The lowest BCUT2D eigenvalue weighted by molar-refractivity contribution is 0.515. The fraction of sp³-hybridized carbons (Fsp3) is 0.296. The van der Waals surface area contributed by atoms with Gasteiger partial charge in [0, 0.05) is 43.9 Å². The van der Waals surface area contributed by atoms with Gasteiger partial charge >= 0.3 is 0 Å². The first-order chi connectivity index (χ1) is 15.0. The lowest BCUT2D eigenvalue weighted by Gasteiger charge is -2.26. The lowest BCUT2D eigenvalue weighted by atomic mass is 9.82. The summed E-state index contributed by atoms with van der Waals surface area (Å²) in [5.41, 5.74) is 5.49. The Morgan fingerprint density at radius 3 is 2.28 bits per heavy atom. The van der Waals surface area contributed by atoms with Crippen molar-refractivity contribution in [3.8, 4) is 22.2 Å². The molecular weight excluding hydrogens is 422 g/mol. The standard InChI is InChI=1S/C27H26F2N2S/c1-15-13-23(32-18(15)4)25-24-17(3)11-19(28)14-22(24)31(26(25)27(5,6)9-10-30)20-7-8-21(29)16(2)12-20/h7-8,11-14H,9H2,1-6H3. The second kappa shape index (κ2) is 7.86. The number of hydrogen-bond acceptors (Lipinski definition) is 2. The van der Waals surface area contributed by atoms with Gasteiger partial charge in [0.05, 0.1) is 11.6 Å². The van der Waals surface area contributed by atoms with Crippen LogP contribution in [0, 0.1) is 50.7 Å². The van der Waals surface area contributed by atoms with Crippen molar-refractivity contribution in [1.29, 1.82) is 5.26 Å². The van der Waals surface area contributed by atoms with Crippen molar-refractivity contribution in [2.75, 3.05) is 0 Å². The third-order valence-electron chi connectivity index (χ3n) is 6.20. The molecule has 0 unspecified atom stereocenters. The monoisotopic (exact) mass is 448 g/mol. The van der Waals surface area contributed by atoms with Crippen LogP contribution in [-0.4, -0.2) is 4.57 Å². The van der Waals surface area contributed by atoms with Crippen LogP contribution in [0.4, 0.5) is 8.78 Å². The molecule has 164 valence electrons. The number of nitrogens with zero attached hydrogens (tertiary/aromatic N) is 2. The number of hydrogen-bond donors (Lipinski definition) is 0. The fourth-order valence-electron chi connectivity index (χ4n) is 4.47. The number of aryl methyl sites for hydroxylation is 4. The number of thiophene rings is 1. The van der Waals surface area contributed by atoms with E-state index >= 15 is 0 Å². The SMILES string of the molecule is Cc1cc(-n2c(C(C)(C)CC#N)c(-c3cc(C)c(C)s3)c3c(C)cc(F)cc32)ccc1F. The van der Waals surface area contributed by atoms with Crippen LogP contribution in [0.1, 0.15) is 47.5 Å². The van der Waals surface area contributed by atoms with Crippen LogP contribution in [0.25, 0.3) is 27.0 Å². The summed E-state index contributed by atoms with van der Waals surface area (Å²) < 4.78 is 30.8. The van der Waals surface area contributed by atoms with E-state index in [1.165, 1.54) is 16.5 Å². The minimum Gasteiger partial charge on any atom is -0.312 e. The minimum atomic E-state index is -0.528. The van der Waals surface area contributed by atoms with Gasteiger partial charge in [0.25, 0.3) is 0 Å². The van der Waals surface area contributed by atoms with Crippen LogP contribution in [0.15, 0.2) is 36.4 Å². The molecule has 5 heteroatoms. The summed E-state index contributed by atoms with van der Waals surface area (Å²) in [5, 5.41) is 10.6. The van der Waals surface area contributed by atoms with Gasteiger partial charge in [-0.2, -0.15) is 5.26 Å². The highest BCUT2D eigenvalue weighted by Gasteiger charge is 2.33. The van der Waals surface area contributed by atoms with Gasteiger partial charge in [0.2, 0.25) is 0 Å². The molecule has 4 aromatic rings. The molecule has 2 nitrogen and oxygen atoms in total. The zero-order chi connectivity index (χ0) is 23.4. The quantitative estimate of drug-likeness (QED) is 0.310. The van der Waals surface area contributed by atoms with Crippen LogP contribution in [0.2, 0.25) is 0 Å². The number of halogens is 2. The number of benzene rings is 2. The molecule has 0 aliphatic rings. The second-order valence-electron chi connectivity index (χ2n) is 9.18. The Hall–Kier alpha value is -2.97. The van der Waals surface area contributed by atoms with E-state index in [-0.39, 0.29) is 11.6 Å². The molecule has 0 amide bonds. The first-order valence-electron chi connectivity index (χ1n) is 10.6. The first kappa shape index (κ1) is 22.2. The van der Waals surface area contributed by atoms with Crippen molar-refractivity contribution < 1.29 is 8.78 Å². The van der Waals surface area contributed by atoms with Crippen molar-refractivity contribution >= 4 is 22.2 Å². The molecular formula is C27H26F2N2S. The summed E-state index contributed by atoms with van der Waals surface area (Å²) in [4.78, 5) is 2.32. The van der Waals surface area contributed by atoms with Crippen LogP contribution < -0.4 is 0 Å². The van der Waals surface area contributed by atoms with Gasteiger partial charge < -0.3 is 4.57 Å². The molecule has 2 aromatic heterocycles. The highest BCUT2D eigenvalue weighted by Crippen LogP contribution is 2.47. The molecule has 32 heavy (non-hydrogen) atoms. The van der Waals surface area contributed by atoms with Crippen molar-refractivity contribution in [3.05, 3.63) is 75.3 Å². The molecule has 0 N–H and O–H groups in total. The molecule has 0 spiro atoms. The summed E-state index contributed by atoms with van der Waals surface area (Å²) in [6.07, 6.45) is 0.293. The molecule has 0 saturated carbocycles. The Morgan fingerprint density at radius 2 is 1.69 bits per heavy atom. The van der Waals surface area contributed by atoms with Crippen molar-refractivity contribution in [2.24, 2.45) is 0 Å². The zero-order valence-corrected chi connectivity index (χ0v) is 20.0. The van der Waals surface area contributed by atoms with E-state index in [0.717, 1.165) is 38.3 Å². The third-order valence-corrected chi connectivity index (χ3v) is 7.37. The molecule has 4 rings (SSSR count). The average Bonchev–Trinajstić information content (AvgIpc) is 3.22. The highest BCUT2D eigenvalue weighted by atomic mass is 32.1. The van der Waals surface area contributed by atoms with E-state index in [4.69, 9.17) is 0 Å². The van der Waals surface area contributed by atoms with Crippen molar-refractivity contribution in [2.45, 2.75) is 53.4 Å². The summed E-state index contributed by atoms with van der Waals surface area (Å²) in [6, 6.07) is 12.6. The summed E-state index contributed by atoms with van der Waals surface area (Å²) in [7, 11) is 0. The molecule has 0 aliphatic carbocycles. The topological polar surface area (TPSA) is 28.7 Å². The number of fused-ring (bicyclic) bond motifs is 1. The van der Waals surface area contributed by atoms with Crippen LogP contribution in [0.3, 0.4) is 0 Å². The number of nitriles is 1. The lowest BCUT2D eigenvalue weighted by Crippen LogP contribution is -2.21. The molecule has 0 aliphatic heterocycles. The normalized spacial score (nSPS) is 11.8. The maximum absolute atomic E-state index is 14.7. The van der Waals surface area contributed by atoms with E-state index in [1.807, 2.05) is 25.3 Å². The van der Waals surface area contributed by atoms with Crippen molar-refractivity contribution in [1.82, 2.24) is 4.57 Å². The molecule has 0 bridgehead atoms. The molecule has 0 radical (unpaired) electrons. The average molecular weight is 449 g/mol. The zero-order valence-electron chi connectivity index (χ0n) is 19.2. The van der Waals surface area contributed by atoms with E-state index in [1.54, 1.807) is 42.5 Å². The highest BCUT2D eigenvalue weighted by molar-refractivity contribution is 7.15. The fourth-order valence-corrected chi connectivity index (χ4v) is 5.56. The summed E-state index contributed by atoms with van der Waals surface area (Å²) in [5.74, 6) is -0.600. The van der Waals surface area contributed by atoms with E-state index < -0.39 is 5.41 Å². The Bertz CT molecular complexity index is 1380. The van der Waals surface area contributed by atoms with E-state index in [0.29, 0.717) is 12.0 Å². The molecule has 2 heterocycles. The summed E-state index contributed by atoms with van der Waals surface area (Å²) in [6.45, 7) is 11.9. The van der Waals surface area contributed by atoms with Gasteiger partial charge in [0.1, 0.15) is 11.6 Å². The Morgan fingerprint density at radius 1 is 0.969 bits per heavy atom. The molecule has 2 aromatic carbocycles. The van der Waals surface area contributed by atoms with Gasteiger partial charge in [-0.15, -0.1) is 11.3 Å². The van der Waals surface area contributed by atoms with Crippen LogP contribution in [-0.2, 0) is 5.41 Å². The second-order valence-corrected chi connectivity index (χ2v) is 10.4. The Kier molecular flexibility index (Phi) is 5.46. The number of aromatic nitrogens is 1. The maximum Gasteiger partial charge on any atom is 0.126 e. The largest absolute Gasteiger partial charge is 0.312 e. The number of rotatable bonds is 4. The van der Waals surface area contributed by atoms with Gasteiger partial charge in [-0.3, -0.25) is 0 Å². The molecule has 0 saturated heterocycles. The van der Waals surface area contributed by atoms with Gasteiger partial charge in [0.15, 0.2) is 0 Å². The van der Waals surface area contributed by atoms with Gasteiger partial charge in [-0.1, -0.05) is 13.8 Å². The maximum atomic E-state index is 14.7. The summed E-state index contributed by atoms with van der Waals surface area (Å²) >= 11 is 1.71. The van der Waals surface area contributed by atoms with Gasteiger partial charge in [-0.05, 0) is 80.8 Å². The predicted octanol–water partition coefficient (Wildman–Crippen LogP) is 8.06. The Balaban J connectivity index is 2.26. The first-order valence-corrected chi connectivity index (χ1v) is 11.4. The minimum absolute atomic E-state index is 0.282. The smallest absolute Gasteiger partial charge is 0.126 e. The van der Waals surface area contributed by atoms with E-state index in [9.17, 15) is 14.0 Å². The van der Waals surface area contributed by atoms with E-state index in [2.05, 4.69) is 26.0 Å². The molecule has 0 atom stereocenters.